The van der Waals surface area contributed by atoms with Crippen molar-refractivity contribution in [1.82, 2.24) is 10.2 Å². The van der Waals surface area contributed by atoms with Gasteiger partial charge in [0.15, 0.2) is 0 Å². The van der Waals surface area contributed by atoms with E-state index in [0.717, 1.165) is 26.2 Å². The van der Waals surface area contributed by atoms with Crippen LogP contribution in [0.2, 0.25) is 0 Å². The average Bonchev–Trinajstić information content (AvgIpc) is 2.30. The van der Waals surface area contributed by atoms with Crippen LogP contribution >= 0.6 is 0 Å². The molecule has 0 aromatic heterocycles. The van der Waals surface area contributed by atoms with E-state index >= 15 is 0 Å². The largest absolute Gasteiger partial charge is 0.369 e. The van der Waals surface area contributed by atoms with Gasteiger partial charge < -0.3 is 15.1 Å². The van der Waals surface area contributed by atoms with E-state index in [1.54, 1.807) is 0 Å². The van der Waals surface area contributed by atoms with E-state index in [-0.39, 0.29) is 0 Å². The lowest BCUT2D eigenvalue weighted by atomic mass is 10.1. The second-order valence-electron chi connectivity index (χ2n) is 4.69. The van der Waals surface area contributed by atoms with Crippen molar-refractivity contribution in [2.24, 2.45) is 0 Å². The van der Waals surface area contributed by atoms with E-state index < -0.39 is 0 Å². The van der Waals surface area contributed by atoms with Crippen molar-refractivity contribution in [3.63, 3.8) is 0 Å². The molecule has 1 aromatic rings. The first-order valence-corrected chi connectivity index (χ1v) is 5.94. The van der Waals surface area contributed by atoms with Crippen LogP contribution in [0.5, 0.6) is 0 Å². The number of hydrogen-bond acceptors (Lipinski definition) is 3. The molecule has 1 aliphatic heterocycles. The molecule has 1 unspecified atom stereocenters. The van der Waals surface area contributed by atoms with Gasteiger partial charge in [-0.05, 0) is 26.2 Å². The highest BCUT2D eigenvalue weighted by Gasteiger charge is 2.19. The number of likely N-dealkylation sites (N-methyl/N-ethyl adjacent to an activating group) is 1. The van der Waals surface area contributed by atoms with Crippen LogP contribution in [0.3, 0.4) is 0 Å². The minimum absolute atomic E-state index is 0.573. The Morgan fingerprint density at radius 3 is 2.75 bits per heavy atom. The van der Waals surface area contributed by atoms with Gasteiger partial charge in [-0.2, -0.15) is 0 Å². The lowest BCUT2D eigenvalue weighted by molar-refractivity contribution is 0.323. The Kier molecular flexibility index (Phi) is 3.80. The third-order valence-electron chi connectivity index (χ3n) is 2.96. The van der Waals surface area contributed by atoms with Gasteiger partial charge >= 0.3 is 0 Å². The molecule has 0 spiro atoms. The molecular formula is C13H21N3. The van der Waals surface area contributed by atoms with E-state index in [1.165, 1.54) is 5.69 Å². The van der Waals surface area contributed by atoms with Crippen LogP contribution < -0.4 is 10.2 Å². The van der Waals surface area contributed by atoms with Gasteiger partial charge in [0.1, 0.15) is 0 Å². The second kappa shape index (κ2) is 5.32. The van der Waals surface area contributed by atoms with Crippen molar-refractivity contribution in [3.8, 4) is 0 Å². The third-order valence-corrected chi connectivity index (χ3v) is 2.96. The molecule has 3 nitrogen and oxygen atoms in total. The van der Waals surface area contributed by atoms with Gasteiger partial charge in [0.2, 0.25) is 0 Å². The highest BCUT2D eigenvalue weighted by Crippen LogP contribution is 2.15. The van der Waals surface area contributed by atoms with Crippen LogP contribution in [0.25, 0.3) is 0 Å². The standard InChI is InChI=1S/C13H21N3/c1-15(2)10-12-11-16(9-8-14-12)13-6-4-3-5-7-13/h3-7,12,14H,8-11H2,1-2H3. The zero-order chi connectivity index (χ0) is 11.4. The molecule has 2 rings (SSSR count). The molecule has 0 radical (unpaired) electrons. The number of rotatable bonds is 3. The average molecular weight is 219 g/mol. The molecule has 3 heteroatoms. The molecule has 1 heterocycles. The summed E-state index contributed by atoms with van der Waals surface area (Å²) >= 11 is 0. The summed E-state index contributed by atoms with van der Waals surface area (Å²) in [6.45, 7) is 4.38. The van der Waals surface area contributed by atoms with Gasteiger partial charge in [-0.15, -0.1) is 0 Å². The summed E-state index contributed by atoms with van der Waals surface area (Å²) in [5.41, 5.74) is 1.34. The topological polar surface area (TPSA) is 18.5 Å². The van der Waals surface area contributed by atoms with E-state index in [2.05, 4.69) is 59.5 Å². The number of nitrogens with one attached hydrogen (secondary N) is 1. The lowest BCUT2D eigenvalue weighted by Crippen LogP contribution is -2.54. The minimum atomic E-state index is 0.573. The Balaban J connectivity index is 1.97. The summed E-state index contributed by atoms with van der Waals surface area (Å²) in [5.74, 6) is 0. The first-order valence-electron chi connectivity index (χ1n) is 5.94. The quantitative estimate of drug-likeness (QED) is 0.819. The van der Waals surface area contributed by atoms with Crippen LogP contribution in [-0.4, -0.2) is 51.2 Å². The fourth-order valence-electron chi connectivity index (χ4n) is 2.26. The van der Waals surface area contributed by atoms with E-state index in [0.29, 0.717) is 6.04 Å². The van der Waals surface area contributed by atoms with Crippen molar-refractivity contribution in [2.75, 3.05) is 45.2 Å². The Morgan fingerprint density at radius 1 is 1.31 bits per heavy atom. The smallest absolute Gasteiger partial charge is 0.0371 e. The molecule has 1 atom stereocenters. The maximum atomic E-state index is 3.57. The van der Waals surface area contributed by atoms with Gasteiger partial charge in [0.05, 0.1) is 0 Å². The van der Waals surface area contributed by atoms with Crippen LogP contribution in [0.4, 0.5) is 5.69 Å². The summed E-state index contributed by atoms with van der Waals surface area (Å²) in [5, 5.41) is 3.57. The minimum Gasteiger partial charge on any atom is -0.369 e. The van der Waals surface area contributed by atoms with Crippen LogP contribution in [0.1, 0.15) is 0 Å². The van der Waals surface area contributed by atoms with E-state index in [4.69, 9.17) is 0 Å². The summed E-state index contributed by atoms with van der Waals surface area (Å²) in [6.07, 6.45) is 0. The Hall–Kier alpha value is -1.06. The predicted molar refractivity (Wildman–Crippen MR) is 69.0 cm³/mol. The first-order chi connectivity index (χ1) is 7.75. The van der Waals surface area contributed by atoms with Gasteiger partial charge in [-0.3, -0.25) is 0 Å². The molecule has 0 bridgehead atoms. The molecule has 0 aliphatic carbocycles. The highest BCUT2D eigenvalue weighted by molar-refractivity contribution is 5.46. The Bertz CT molecular complexity index is 310. The molecular weight excluding hydrogens is 198 g/mol. The molecule has 1 aromatic carbocycles. The SMILES string of the molecule is CN(C)CC1CN(c2ccccc2)CCN1. The number of benzene rings is 1. The van der Waals surface area contributed by atoms with Crippen molar-refractivity contribution < 1.29 is 0 Å². The summed E-state index contributed by atoms with van der Waals surface area (Å²) in [4.78, 5) is 4.71. The Morgan fingerprint density at radius 2 is 2.06 bits per heavy atom. The van der Waals surface area contributed by atoms with Crippen LogP contribution in [0.15, 0.2) is 30.3 Å². The van der Waals surface area contributed by atoms with Crippen molar-refractivity contribution >= 4 is 5.69 Å². The highest BCUT2D eigenvalue weighted by atomic mass is 15.2. The van der Waals surface area contributed by atoms with E-state index in [9.17, 15) is 0 Å². The molecule has 1 fully saturated rings. The first kappa shape index (κ1) is 11.4. The molecule has 1 saturated heterocycles. The van der Waals surface area contributed by atoms with Crippen LogP contribution in [-0.2, 0) is 0 Å². The summed E-state index contributed by atoms with van der Waals surface area (Å²) in [7, 11) is 4.26. The maximum absolute atomic E-state index is 3.57. The molecule has 1 N–H and O–H groups in total. The predicted octanol–water partition coefficient (Wildman–Crippen LogP) is 1.03. The van der Waals surface area contributed by atoms with Crippen molar-refractivity contribution in [3.05, 3.63) is 30.3 Å². The molecule has 16 heavy (non-hydrogen) atoms. The van der Waals surface area contributed by atoms with Gasteiger partial charge in [0, 0.05) is 37.9 Å². The van der Waals surface area contributed by atoms with Crippen molar-refractivity contribution in [1.29, 1.82) is 0 Å². The van der Waals surface area contributed by atoms with E-state index in [1.807, 2.05) is 0 Å². The number of anilines is 1. The summed E-state index contributed by atoms with van der Waals surface area (Å²) < 4.78 is 0. The summed E-state index contributed by atoms with van der Waals surface area (Å²) in [6, 6.07) is 11.2. The van der Waals surface area contributed by atoms with Crippen molar-refractivity contribution in [2.45, 2.75) is 6.04 Å². The monoisotopic (exact) mass is 219 g/mol. The second-order valence-corrected chi connectivity index (χ2v) is 4.69. The normalized spacial score (nSPS) is 21.4. The molecule has 0 amide bonds. The number of nitrogens with zero attached hydrogens (tertiary/aromatic N) is 2. The number of piperazine rings is 1. The van der Waals surface area contributed by atoms with Gasteiger partial charge in [-0.1, -0.05) is 18.2 Å². The van der Waals surface area contributed by atoms with Gasteiger partial charge in [0.25, 0.3) is 0 Å². The zero-order valence-electron chi connectivity index (χ0n) is 10.2. The maximum Gasteiger partial charge on any atom is 0.0371 e. The third kappa shape index (κ3) is 2.97. The fraction of sp³-hybridized carbons (Fsp3) is 0.538. The molecule has 0 saturated carbocycles. The number of para-hydroxylation sites is 1. The van der Waals surface area contributed by atoms with Gasteiger partial charge in [-0.25, -0.2) is 0 Å². The fourth-order valence-corrected chi connectivity index (χ4v) is 2.26. The Labute approximate surface area is 98.0 Å². The van der Waals surface area contributed by atoms with Crippen LogP contribution in [0, 0.1) is 0 Å². The zero-order valence-corrected chi connectivity index (χ0v) is 10.2. The molecule has 1 aliphatic rings. The number of hydrogen-bond donors (Lipinski definition) is 1. The molecule has 88 valence electrons. The lowest BCUT2D eigenvalue weighted by Gasteiger charge is -2.36.